The zero-order valence-electron chi connectivity index (χ0n) is 12.0. The van der Waals surface area contributed by atoms with Crippen LogP contribution in [-0.2, 0) is 14.6 Å². The van der Waals surface area contributed by atoms with Crippen LogP contribution in [0.2, 0.25) is 5.02 Å². The first-order valence-corrected chi connectivity index (χ1v) is 8.83. The highest BCUT2D eigenvalue weighted by Crippen LogP contribution is 2.36. The van der Waals surface area contributed by atoms with E-state index in [0.29, 0.717) is 4.90 Å². The van der Waals surface area contributed by atoms with E-state index >= 15 is 0 Å². The number of rotatable bonds is 2. The molecule has 2 fully saturated rings. The summed E-state index contributed by atoms with van der Waals surface area (Å²) in [6, 6.07) is 0.200. The molecule has 2 aliphatic heterocycles. The largest absolute Gasteiger partial charge is 0.495 e. The van der Waals surface area contributed by atoms with Crippen molar-refractivity contribution in [1.82, 2.24) is 4.90 Å². The molecule has 7 nitrogen and oxygen atoms in total. The molecule has 3 amide bonds. The Hall–Kier alpha value is -1.87. The second-order valence-corrected chi connectivity index (χ2v) is 7.85. The van der Waals surface area contributed by atoms with Gasteiger partial charge in [-0.05, 0) is 6.07 Å². The van der Waals surface area contributed by atoms with Gasteiger partial charge in [-0.2, -0.15) is 0 Å². The van der Waals surface area contributed by atoms with Crippen LogP contribution in [0.5, 0.6) is 5.75 Å². The fraction of sp³-hybridized carbons (Fsp3) is 0.385. The minimum absolute atomic E-state index is 0.00635. The first kappa shape index (κ1) is 16.0. The number of hydrogen-bond donors (Lipinski definition) is 0. The topological polar surface area (TPSA) is 84.0 Å². The van der Waals surface area contributed by atoms with Gasteiger partial charge in [-0.15, -0.1) is 0 Å². The van der Waals surface area contributed by atoms with Gasteiger partial charge in [-0.3, -0.25) is 4.79 Å². The van der Waals surface area contributed by atoms with Crippen molar-refractivity contribution in [2.45, 2.75) is 6.04 Å². The molecule has 0 N–H and O–H groups in total. The monoisotopic (exact) mass is 362 g/mol. The number of methoxy groups -OCH3 is 1. The molecule has 2 aliphatic rings. The molecule has 10 heteroatoms. The third-order valence-electron chi connectivity index (χ3n) is 3.84. The van der Waals surface area contributed by atoms with Crippen molar-refractivity contribution in [3.63, 3.8) is 0 Å². The van der Waals surface area contributed by atoms with Crippen LogP contribution in [0.15, 0.2) is 12.1 Å². The normalized spacial score (nSPS) is 23.2. The Labute approximate surface area is 136 Å². The van der Waals surface area contributed by atoms with Gasteiger partial charge in [0.15, 0.2) is 9.84 Å². The molecular weight excluding hydrogens is 351 g/mol. The molecule has 2 heterocycles. The number of halogens is 2. The van der Waals surface area contributed by atoms with Crippen LogP contribution in [0.4, 0.5) is 14.9 Å². The van der Waals surface area contributed by atoms with Crippen molar-refractivity contribution in [2.75, 3.05) is 30.1 Å². The fourth-order valence-corrected chi connectivity index (χ4v) is 4.35. The molecule has 0 spiro atoms. The molecule has 0 aliphatic carbocycles. The molecule has 0 bridgehead atoms. The number of urea groups is 1. The number of amides is 3. The van der Waals surface area contributed by atoms with E-state index in [9.17, 15) is 22.4 Å². The summed E-state index contributed by atoms with van der Waals surface area (Å²) >= 11 is 5.80. The fourth-order valence-electron chi connectivity index (χ4n) is 2.68. The number of fused-ring (bicyclic) bond motifs is 1. The molecule has 3 rings (SSSR count). The van der Waals surface area contributed by atoms with Gasteiger partial charge in [0.25, 0.3) is 5.91 Å². The zero-order chi connectivity index (χ0) is 16.9. The number of ether oxygens (including phenoxy) is 1. The highest BCUT2D eigenvalue weighted by molar-refractivity contribution is 7.91. The Kier molecular flexibility index (Phi) is 3.72. The van der Waals surface area contributed by atoms with Crippen LogP contribution < -0.4 is 9.64 Å². The van der Waals surface area contributed by atoms with Crippen molar-refractivity contribution < 1.29 is 27.1 Å². The maximum atomic E-state index is 14.2. The van der Waals surface area contributed by atoms with E-state index in [1.807, 2.05) is 0 Å². The number of benzene rings is 1. The molecule has 1 aromatic carbocycles. The molecule has 0 saturated carbocycles. The van der Waals surface area contributed by atoms with Crippen LogP contribution in [0.3, 0.4) is 0 Å². The SMILES string of the molecule is COc1cc(N2C(=O)C3CS(=O)(=O)CCN3C2=O)c(F)cc1Cl. The van der Waals surface area contributed by atoms with Gasteiger partial charge >= 0.3 is 6.03 Å². The van der Waals surface area contributed by atoms with E-state index in [0.717, 1.165) is 17.0 Å². The summed E-state index contributed by atoms with van der Waals surface area (Å²) in [7, 11) is -2.10. The second-order valence-electron chi connectivity index (χ2n) is 5.22. The van der Waals surface area contributed by atoms with E-state index in [-0.39, 0.29) is 28.8 Å². The molecule has 1 atom stereocenters. The minimum atomic E-state index is -3.41. The zero-order valence-corrected chi connectivity index (χ0v) is 13.5. The minimum Gasteiger partial charge on any atom is -0.495 e. The standard InChI is InChI=1S/C13H12ClFN2O5S/c1-22-11-5-9(8(15)4-7(11)14)17-12(18)10-6-23(20,21)3-2-16(10)13(17)19/h4-5,10H,2-3,6H2,1H3. The quantitative estimate of drug-likeness (QED) is 0.734. The van der Waals surface area contributed by atoms with Crippen LogP contribution >= 0.6 is 11.6 Å². The van der Waals surface area contributed by atoms with Crippen LogP contribution in [0.25, 0.3) is 0 Å². The second kappa shape index (κ2) is 5.34. The number of hydrogen-bond acceptors (Lipinski definition) is 5. The lowest BCUT2D eigenvalue weighted by molar-refractivity contribution is -0.119. The van der Waals surface area contributed by atoms with E-state index in [4.69, 9.17) is 16.3 Å². The number of carbonyl (C=O) groups excluding carboxylic acids is 2. The van der Waals surface area contributed by atoms with Gasteiger partial charge in [0, 0.05) is 12.6 Å². The molecule has 1 unspecified atom stereocenters. The summed E-state index contributed by atoms with van der Waals surface area (Å²) < 4.78 is 42.5. The highest BCUT2D eigenvalue weighted by atomic mass is 35.5. The maximum Gasteiger partial charge on any atom is 0.332 e. The number of carbonyl (C=O) groups is 2. The third-order valence-corrected chi connectivity index (χ3v) is 5.76. The van der Waals surface area contributed by atoms with Crippen molar-refractivity contribution in [3.05, 3.63) is 23.0 Å². The lowest BCUT2D eigenvalue weighted by atomic mass is 10.2. The molecule has 23 heavy (non-hydrogen) atoms. The molecule has 124 valence electrons. The van der Waals surface area contributed by atoms with Gasteiger partial charge in [-0.25, -0.2) is 22.5 Å². The van der Waals surface area contributed by atoms with Crippen molar-refractivity contribution in [3.8, 4) is 5.75 Å². The lowest BCUT2D eigenvalue weighted by Crippen LogP contribution is -2.48. The summed E-state index contributed by atoms with van der Waals surface area (Å²) in [4.78, 5) is 26.6. The van der Waals surface area contributed by atoms with Crippen molar-refractivity contribution in [2.24, 2.45) is 0 Å². The summed E-state index contributed by atoms with van der Waals surface area (Å²) in [5, 5.41) is -0.00635. The molecule has 1 aromatic rings. The number of sulfone groups is 1. The number of nitrogens with zero attached hydrogens (tertiary/aromatic N) is 2. The summed E-state index contributed by atoms with van der Waals surface area (Å²) in [6.45, 7) is -0.0968. The molecule has 0 aromatic heterocycles. The predicted octanol–water partition coefficient (Wildman–Crippen LogP) is 1.05. The first-order chi connectivity index (χ1) is 10.7. The Morgan fingerprint density at radius 3 is 2.70 bits per heavy atom. The van der Waals surface area contributed by atoms with Crippen LogP contribution in [0.1, 0.15) is 0 Å². The van der Waals surface area contributed by atoms with E-state index in [1.54, 1.807) is 0 Å². The van der Waals surface area contributed by atoms with E-state index in [1.165, 1.54) is 7.11 Å². The summed E-state index contributed by atoms with van der Waals surface area (Å²) in [5.41, 5.74) is -0.312. The van der Waals surface area contributed by atoms with Gasteiger partial charge < -0.3 is 9.64 Å². The Morgan fingerprint density at radius 1 is 1.35 bits per heavy atom. The Morgan fingerprint density at radius 2 is 2.04 bits per heavy atom. The van der Waals surface area contributed by atoms with Gasteiger partial charge in [0.05, 0.1) is 29.3 Å². The maximum absolute atomic E-state index is 14.2. The van der Waals surface area contributed by atoms with Gasteiger partial charge in [0.2, 0.25) is 0 Å². The van der Waals surface area contributed by atoms with Gasteiger partial charge in [0.1, 0.15) is 17.6 Å². The lowest BCUT2D eigenvalue weighted by Gasteiger charge is -2.26. The van der Waals surface area contributed by atoms with E-state index < -0.39 is 39.4 Å². The van der Waals surface area contributed by atoms with E-state index in [2.05, 4.69) is 0 Å². The first-order valence-electron chi connectivity index (χ1n) is 6.63. The Bertz CT molecular complexity index is 813. The van der Waals surface area contributed by atoms with Crippen molar-refractivity contribution in [1.29, 1.82) is 0 Å². The smallest absolute Gasteiger partial charge is 0.332 e. The van der Waals surface area contributed by atoms with Gasteiger partial charge in [-0.1, -0.05) is 11.6 Å². The summed E-state index contributed by atoms with van der Waals surface area (Å²) in [5.74, 6) is -2.23. The number of anilines is 1. The molecular formula is C13H12ClFN2O5S. The Balaban J connectivity index is 2.05. The molecule has 0 radical (unpaired) electrons. The summed E-state index contributed by atoms with van der Waals surface area (Å²) in [6.07, 6.45) is 0. The van der Waals surface area contributed by atoms with Crippen molar-refractivity contribution >= 4 is 39.1 Å². The predicted molar refractivity (Wildman–Crippen MR) is 80.0 cm³/mol. The molecule has 2 saturated heterocycles. The van der Waals surface area contributed by atoms with Crippen LogP contribution in [-0.4, -0.2) is 56.5 Å². The third kappa shape index (κ3) is 2.53. The van der Waals surface area contributed by atoms with Crippen LogP contribution in [0, 0.1) is 5.82 Å². The number of imide groups is 1. The highest BCUT2D eigenvalue weighted by Gasteiger charge is 2.50. The average molecular weight is 363 g/mol. The average Bonchev–Trinajstić information content (AvgIpc) is 2.70.